The predicted octanol–water partition coefficient (Wildman–Crippen LogP) is 2.33. The quantitative estimate of drug-likeness (QED) is 0.837. The Labute approximate surface area is 109 Å². The van der Waals surface area contributed by atoms with E-state index in [0.717, 1.165) is 6.54 Å². The molecule has 1 aliphatic carbocycles. The second-order valence-electron chi connectivity index (χ2n) is 5.11. The second kappa shape index (κ2) is 6.01. The van der Waals surface area contributed by atoms with Crippen LogP contribution in [0.15, 0.2) is 30.3 Å². The van der Waals surface area contributed by atoms with E-state index < -0.39 is 0 Å². The second-order valence-corrected chi connectivity index (χ2v) is 5.11. The zero-order chi connectivity index (χ0) is 13.0. The van der Waals surface area contributed by atoms with Gasteiger partial charge >= 0.3 is 0 Å². The fourth-order valence-corrected chi connectivity index (χ4v) is 2.23. The summed E-state index contributed by atoms with van der Waals surface area (Å²) in [5.74, 6) is 0.888. The first-order valence-corrected chi connectivity index (χ1v) is 6.77. The van der Waals surface area contributed by atoms with Gasteiger partial charge in [-0.2, -0.15) is 0 Å². The molecule has 1 atom stereocenters. The minimum atomic E-state index is 0.144. The third-order valence-electron chi connectivity index (χ3n) is 3.58. The molecule has 0 unspecified atom stereocenters. The Bertz CT molecular complexity index is 387. The van der Waals surface area contributed by atoms with Gasteiger partial charge < -0.3 is 10.6 Å². The molecule has 0 aromatic heterocycles. The lowest BCUT2D eigenvalue weighted by atomic mass is 10.1. The van der Waals surface area contributed by atoms with Crippen molar-refractivity contribution in [1.29, 1.82) is 0 Å². The number of rotatable bonds is 6. The van der Waals surface area contributed by atoms with Crippen LogP contribution < -0.4 is 5.73 Å². The van der Waals surface area contributed by atoms with Crippen molar-refractivity contribution in [2.24, 2.45) is 11.7 Å². The van der Waals surface area contributed by atoms with E-state index in [4.69, 9.17) is 5.73 Å². The van der Waals surface area contributed by atoms with Gasteiger partial charge in [0.2, 0.25) is 5.91 Å². The number of amides is 1. The highest BCUT2D eigenvalue weighted by Gasteiger charge is 2.29. The lowest BCUT2D eigenvalue weighted by molar-refractivity contribution is -0.133. The molecule has 3 heteroatoms. The summed E-state index contributed by atoms with van der Waals surface area (Å²) in [4.78, 5) is 14.2. The summed E-state index contributed by atoms with van der Waals surface area (Å²) in [6.07, 6.45) is 2.96. The average molecular weight is 246 g/mol. The lowest BCUT2D eigenvalue weighted by Crippen LogP contribution is -2.36. The predicted molar refractivity (Wildman–Crippen MR) is 73.0 cm³/mol. The fraction of sp³-hybridized carbons (Fsp3) is 0.533. The van der Waals surface area contributed by atoms with Crippen molar-refractivity contribution >= 4 is 5.91 Å². The number of benzene rings is 1. The summed E-state index contributed by atoms with van der Waals surface area (Å²) in [7, 11) is 0. The minimum absolute atomic E-state index is 0.144. The molecule has 1 saturated carbocycles. The summed E-state index contributed by atoms with van der Waals surface area (Å²) in [6.45, 7) is 3.42. The van der Waals surface area contributed by atoms with Gasteiger partial charge in [-0.05, 0) is 31.2 Å². The maximum Gasteiger partial charge on any atom is 0.224 e. The number of hydrogen-bond donors (Lipinski definition) is 1. The Morgan fingerprint density at radius 2 is 2.06 bits per heavy atom. The van der Waals surface area contributed by atoms with Gasteiger partial charge in [-0.25, -0.2) is 0 Å². The Balaban J connectivity index is 2.09. The number of carbonyl (C=O) groups excluding carboxylic acids is 1. The molecule has 0 spiro atoms. The lowest BCUT2D eigenvalue weighted by Gasteiger charge is -2.30. The first-order valence-electron chi connectivity index (χ1n) is 6.77. The van der Waals surface area contributed by atoms with Crippen molar-refractivity contribution in [3.05, 3.63) is 35.9 Å². The SMILES string of the molecule is C[C@H](c1ccccc1)N(CC1CC1)C(=O)CCN. The van der Waals surface area contributed by atoms with Gasteiger partial charge in [-0.1, -0.05) is 30.3 Å². The number of hydrogen-bond acceptors (Lipinski definition) is 2. The van der Waals surface area contributed by atoms with E-state index in [-0.39, 0.29) is 11.9 Å². The maximum atomic E-state index is 12.2. The van der Waals surface area contributed by atoms with Crippen LogP contribution in [0, 0.1) is 5.92 Å². The van der Waals surface area contributed by atoms with E-state index in [0.29, 0.717) is 18.9 Å². The molecule has 0 bridgehead atoms. The van der Waals surface area contributed by atoms with Gasteiger partial charge in [0.15, 0.2) is 0 Å². The highest BCUT2D eigenvalue weighted by molar-refractivity contribution is 5.77. The molecule has 1 aromatic rings. The van der Waals surface area contributed by atoms with E-state index >= 15 is 0 Å². The molecule has 98 valence electrons. The summed E-state index contributed by atoms with van der Waals surface area (Å²) >= 11 is 0. The average Bonchev–Trinajstić information content (AvgIpc) is 3.20. The van der Waals surface area contributed by atoms with Crippen molar-refractivity contribution in [3.8, 4) is 0 Å². The Hall–Kier alpha value is -1.35. The summed E-state index contributed by atoms with van der Waals surface area (Å²) < 4.78 is 0. The monoisotopic (exact) mass is 246 g/mol. The van der Waals surface area contributed by atoms with Crippen molar-refractivity contribution < 1.29 is 4.79 Å². The number of carbonyl (C=O) groups is 1. The molecule has 0 saturated heterocycles. The molecular formula is C15H22N2O. The van der Waals surface area contributed by atoms with Gasteiger partial charge in [0.25, 0.3) is 0 Å². The van der Waals surface area contributed by atoms with Gasteiger partial charge in [0.05, 0.1) is 6.04 Å². The number of nitrogens with zero attached hydrogens (tertiary/aromatic N) is 1. The van der Waals surface area contributed by atoms with Crippen molar-refractivity contribution in [2.45, 2.75) is 32.2 Å². The van der Waals surface area contributed by atoms with Crippen LogP contribution in [0.2, 0.25) is 0 Å². The van der Waals surface area contributed by atoms with E-state index in [1.807, 2.05) is 23.1 Å². The Kier molecular flexibility index (Phi) is 4.37. The van der Waals surface area contributed by atoms with Gasteiger partial charge in [-0.15, -0.1) is 0 Å². The van der Waals surface area contributed by atoms with Gasteiger partial charge in [0, 0.05) is 19.5 Å². The molecule has 1 aromatic carbocycles. The smallest absolute Gasteiger partial charge is 0.224 e. The molecule has 2 rings (SSSR count). The van der Waals surface area contributed by atoms with Crippen molar-refractivity contribution in [1.82, 2.24) is 4.90 Å². The first-order chi connectivity index (χ1) is 8.72. The van der Waals surface area contributed by atoms with Crippen LogP contribution in [0.25, 0.3) is 0 Å². The molecule has 2 N–H and O–H groups in total. The zero-order valence-corrected chi connectivity index (χ0v) is 11.0. The molecule has 1 amide bonds. The van der Waals surface area contributed by atoms with Crippen LogP contribution in [0.3, 0.4) is 0 Å². The Morgan fingerprint density at radius 1 is 1.39 bits per heavy atom. The van der Waals surface area contributed by atoms with Crippen LogP contribution in [-0.4, -0.2) is 23.9 Å². The molecule has 0 heterocycles. The standard InChI is InChI=1S/C15H22N2O/c1-12(14-5-3-2-4-6-14)17(11-13-7-8-13)15(18)9-10-16/h2-6,12-13H,7-11,16H2,1H3/t12-/m1/s1. The third kappa shape index (κ3) is 3.33. The van der Waals surface area contributed by atoms with Crippen molar-refractivity contribution in [3.63, 3.8) is 0 Å². The van der Waals surface area contributed by atoms with Crippen LogP contribution in [0.4, 0.5) is 0 Å². The summed E-state index contributed by atoms with van der Waals surface area (Å²) in [5, 5.41) is 0. The molecular weight excluding hydrogens is 224 g/mol. The summed E-state index contributed by atoms with van der Waals surface area (Å²) in [6, 6.07) is 10.4. The van der Waals surface area contributed by atoms with Gasteiger partial charge in [-0.3, -0.25) is 4.79 Å². The zero-order valence-electron chi connectivity index (χ0n) is 11.0. The van der Waals surface area contributed by atoms with Crippen molar-refractivity contribution in [2.75, 3.05) is 13.1 Å². The maximum absolute atomic E-state index is 12.2. The van der Waals surface area contributed by atoms with E-state index in [1.54, 1.807) is 0 Å². The topological polar surface area (TPSA) is 46.3 Å². The number of nitrogens with two attached hydrogens (primary N) is 1. The molecule has 0 radical (unpaired) electrons. The normalized spacial score (nSPS) is 16.3. The van der Waals surface area contributed by atoms with Crippen LogP contribution in [-0.2, 0) is 4.79 Å². The highest BCUT2D eigenvalue weighted by Crippen LogP contribution is 2.33. The molecule has 1 aliphatic rings. The van der Waals surface area contributed by atoms with E-state index in [9.17, 15) is 4.79 Å². The molecule has 0 aliphatic heterocycles. The van der Waals surface area contributed by atoms with Crippen LogP contribution >= 0.6 is 0 Å². The van der Waals surface area contributed by atoms with E-state index in [2.05, 4.69) is 19.1 Å². The molecule has 3 nitrogen and oxygen atoms in total. The van der Waals surface area contributed by atoms with Gasteiger partial charge in [0.1, 0.15) is 0 Å². The minimum Gasteiger partial charge on any atom is -0.336 e. The first kappa shape index (κ1) is 13.1. The largest absolute Gasteiger partial charge is 0.336 e. The molecule has 18 heavy (non-hydrogen) atoms. The highest BCUT2D eigenvalue weighted by atomic mass is 16.2. The third-order valence-corrected chi connectivity index (χ3v) is 3.58. The van der Waals surface area contributed by atoms with Crippen LogP contribution in [0.5, 0.6) is 0 Å². The fourth-order valence-electron chi connectivity index (χ4n) is 2.23. The van der Waals surface area contributed by atoms with E-state index in [1.165, 1.54) is 18.4 Å². The van der Waals surface area contributed by atoms with Crippen LogP contribution in [0.1, 0.15) is 37.8 Å². The Morgan fingerprint density at radius 3 is 2.61 bits per heavy atom. The molecule has 1 fully saturated rings. The summed E-state index contributed by atoms with van der Waals surface area (Å²) in [5.41, 5.74) is 6.70.